The second-order valence-electron chi connectivity index (χ2n) is 2.66. The predicted molar refractivity (Wildman–Crippen MR) is 58.5 cm³/mol. The van der Waals surface area contributed by atoms with E-state index in [-0.39, 0.29) is 0 Å². The summed E-state index contributed by atoms with van der Waals surface area (Å²) in [6, 6.07) is 5.29. The van der Waals surface area contributed by atoms with Crippen molar-refractivity contribution in [1.82, 2.24) is 14.8 Å². The van der Waals surface area contributed by atoms with Crippen molar-refractivity contribution in [1.29, 1.82) is 0 Å². The van der Waals surface area contributed by atoms with Crippen molar-refractivity contribution in [3.63, 3.8) is 0 Å². The highest BCUT2D eigenvalue weighted by molar-refractivity contribution is 9.10. The fraction of sp³-hybridized carbons (Fsp3) is 0. The van der Waals surface area contributed by atoms with Crippen LogP contribution in [0.1, 0.15) is 0 Å². The van der Waals surface area contributed by atoms with Crippen LogP contribution in [-0.2, 0) is 0 Å². The number of nitrogens with two attached hydrogens (primary N) is 1. The van der Waals surface area contributed by atoms with Gasteiger partial charge in [-0.3, -0.25) is 0 Å². The van der Waals surface area contributed by atoms with Crippen LogP contribution in [-0.4, -0.2) is 14.8 Å². The highest BCUT2D eigenvalue weighted by Crippen LogP contribution is 2.21. The smallest absolute Gasteiger partial charge is 0.217 e. The molecule has 6 heteroatoms. The Labute approximate surface area is 93.8 Å². The Bertz CT molecular complexity index is 468. The van der Waals surface area contributed by atoms with Gasteiger partial charge in [-0.1, -0.05) is 11.6 Å². The van der Waals surface area contributed by atoms with E-state index in [9.17, 15) is 0 Å². The molecule has 0 aliphatic carbocycles. The number of rotatable bonds is 1. The molecule has 0 bridgehead atoms. The minimum absolute atomic E-state index is 0.508. The van der Waals surface area contributed by atoms with Crippen molar-refractivity contribution in [3.8, 4) is 5.69 Å². The second-order valence-corrected chi connectivity index (χ2v) is 3.78. The van der Waals surface area contributed by atoms with Crippen LogP contribution in [0.2, 0.25) is 5.02 Å². The van der Waals surface area contributed by atoms with Gasteiger partial charge in [-0.05, 0) is 34.1 Å². The van der Waals surface area contributed by atoms with Crippen molar-refractivity contribution < 1.29 is 0 Å². The van der Waals surface area contributed by atoms with E-state index in [2.05, 4.69) is 26.0 Å². The van der Waals surface area contributed by atoms with Crippen molar-refractivity contribution in [2.45, 2.75) is 0 Å². The van der Waals surface area contributed by atoms with Gasteiger partial charge in [-0.2, -0.15) is 0 Å². The van der Waals surface area contributed by atoms with Crippen LogP contribution in [0.25, 0.3) is 5.69 Å². The van der Waals surface area contributed by atoms with Crippen LogP contribution >= 0.6 is 27.5 Å². The van der Waals surface area contributed by atoms with E-state index in [1.54, 1.807) is 23.1 Å². The normalized spacial score (nSPS) is 10.4. The molecule has 1 aromatic carbocycles. The number of benzene rings is 1. The monoisotopic (exact) mass is 272 g/mol. The van der Waals surface area contributed by atoms with E-state index >= 15 is 0 Å². The summed E-state index contributed by atoms with van der Waals surface area (Å²) >= 11 is 9.03. The Morgan fingerprint density at radius 1 is 1.43 bits per heavy atom. The molecule has 0 aliphatic rings. The van der Waals surface area contributed by atoms with E-state index in [1.807, 2.05) is 6.07 Å². The fourth-order valence-corrected chi connectivity index (χ4v) is 1.46. The van der Waals surface area contributed by atoms with Crippen molar-refractivity contribution in [2.75, 3.05) is 5.73 Å². The molecule has 72 valence electrons. The van der Waals surface area contributed by atoms with Crippen LogP contribution in [0.3, 0.4) is 0 Å². The van der Waals surface area contributed by atoms with Gasteiger partial charge in [0.15, 0.2) is 0 Å². The third-order valence-electron chi connectivity index (χ3n) is 1.71. The van der Waals surface area contributed by atoms with Gasteiger partial charge < -0.3 is 5.73 Å². The molecule has 2 rings (SSSR count). The molecule has 14 heavy (non-hydrogen) atoms. The molecule has 2 N–H and O–H groups in total. The predicted octanol–water partition coefficient (Wildman–Crippen LogP) is 2.27. The lowest BCUT2D eigenvalue weighted by atomic mass is 10.3. The summed E-state index contributed by atoms with van der Waals surface area (Å²) in [6.45, 7) is 0. The Hall–Kier alpha value is -1.07. The van der Waals surface area contributed by atoms with Gasteiger partial charge in [0.25, 0.3) is 0 Å². The summed E-state index contributed by atoms with van der Waals surface area (Å²) in [6.07, 6.45) is 1.59. The quantitative estimate of drug-likeness (QED) is 0.811. The summed E-state index contributed by atoms with van der Waals surface area (Å²) in [5.74, 6) is 0. The molecule has 1 heterocycles. The fourth-order valence-electron chi connectivity index (χ4n) is 1.03. The lowest BCUT2D eigenvalue weighted by molar-refractivity contribution is 0.870. The van der Waals surface area contributed by atoms with Gasteiger partial charge in [-0.25, -0.2) is 9.67 Å². The summed E-state index contributed by atoms with van der Waals surface area (Å²) in [5.41, 5.74) is 6.96. The van der Waals surface area contributed by atoms with E-state index < -0.39 is 0 Å². The average Bonchev–Trinajstić information content (AvgIpc) is 2.57. The molecule has 1 aromatic heterocycles. The second kappa shape index (κ2) is 3.59. The number of halogens is 2. The molecule has 0 radical (unpaired) electrons. The molecule has 0 unspecified atom stereocenters. The maximum atomic E-state index is 5.87. The molecule has 4 nitrogen and oxygen atoms in total. The Balaban J connectivity index is 2.47. The molecule has 0 saturated carbocycles. The zero-order valence-corrected chi connectivity index (χ0v) is 9.33. The molecule has 0 fully saturated rings. The molecule has 0 spiro atoms. The number of hydrogen-bond acceptors (Lipinski definition) is 3. The molecule has 0 atom stereocenters. The van der Waals surface area contributed by atoms with Crippen LogP contribution in [0.4, 0.5) is 5.69 Å². The standard InChI is InChI=1S/C8H6BrClN4/c9-8-12-4-14(13-8)5-1-2-7(11)6(10)3-5/h1-4H,11H2. The zero-order valence-electron chi connectivity index (χ0n) is 6.98. The van der Waals surface area contributed by atoms with Gasteiger partial charge in [0.2, 0.25) is 4.73 Å². The highest BCUT2D eigenvalue weighted by Gasteiger charge is 2.02. The SMILES string of the molecule is Nc1ccc(-n2cnc(Br)n2)cc1Cl. The third kappa shape index (κ3) is 1.73. The lowest BCUT2D eigenvalue weighted by Gasteiger charge is -2.02. The van der Waals surface area contributed by atoms with Crippen LogP contribution in [0, 0.1) is 0 Å². The van der Waals surface area contributed by atoms with E-state index in [0.717, 1.165) is 5.69 Å². The first-order valence-electron chi connectivity index (χ1n) is 3.79. The van der Waals surface area contributed by atoms with E-state index in [4.69, 9.17) is 17.3 Å². The minimum atomic E-state index is 0.508. The van der Waals surface area contributed by atoms with Gasteiger partial charge in [0.05, 0.1) is 16.4 Å². The lowest BCUT2D eigenvalue weighted by Crippen LogP contribution is -1.95. The molecular formula is C8H6BrClN4. The molecular weight excluding hydrogens is 267 g/mol. The Morgan fingerprint density at radius 2 is 2.21 bits per heavy atom. The van der Waals surface area contributed by atoms with Crippen LogP contribution in [0.15, 0.2) is 29.3 Å². The summed E-state index contributed by atoms with van der Waals surface area (Å²) in [7, 11) is 0. The molecule has 2 aromatic rings. The van der Waals surface area contributed by atoms with E-state index in [1.165, 1.54) is 0 Å². The van der Waals surface area contributed by atoms with Gasteiger partial charge >= 0.3 is 0 Å². The first kappa shape index (κ1) is 9.48. The van der Waals surface area contributed by atoms with Crippen molar-refractivity contribution in [3.05, 3.63) is 34.3 Å². The Kier molecular flexibility index (Phi) is 2.43. The summed E-state index contributed by atoms with van der Waals surface area (Å²) in [4.78, 5) is 3.94. The first-order valence-corrected chi connectivity index (χ1v) is 4.96. The van der Waals surface area contributed by atoms with Crippen molar-refractivity contribution >= 4 is 33.2 Å². The topological polar surface area (TPSA) is 56.7 Å². The van der Waals surface area contributed by atoms with Crippen molar-refractivity contribution in [2.24, 2.45) is 0 Å². The average molecular weight is 274 g/mol. The largest absolute Gasteiger partial charge is 0.398 e. The number of hydrogen-bond donors (Lipinski definition) is 1. The molecule has 0 amide bonds. The number of anilines is 1. The maximum Gasteiger partial charge on any atom is 0.217 e. The molecule has 0 saturated heterocycles. The van der Waals surface area contributed by atoms with Crippen LogP contribution < -0.4 is 5.73 Å². The van der Waals surface area contributed by atoms with Gasteiger partial charge in [0.1, 0.15) is 6.33 Å². The number of nitrogen functional groups attached to an aromatic ring is 1. The number of aromatic nitrogens is 3. The minimum Gasteiger partial charge on any atom is -0.398 e. The third-order valence-corrected chi connectivity index (χ3v) is 2.40. The van der Waals surface area contributed by atoms with Gasteiger partial charge in [-0.15, -0.1) is 5.10 Å². The number of nitrogens with zero attached hydrogens (tertiary/aromatic N) is 3. The molecule has 0 aliphatic heterocycles. The first-order chi connectivity index (χ1) is 6.66. The highest BCUT2D eigenvalue weighted by atomic mass is 79.9. The van der Waals surface area contributed by atoms with E-state index in [0.29, 0.717) is 15.4 Å². The zero-order chi connectivity index (χ0) is 10.1. The Morgan fingerprint density at radius 3 is 2.79 bits per heavy atom. The summed E-state index contributed by atoms with van der Waals surface area (Å²) in [5, 5.41) is 4.58. The summed E-state index contributed by atoms with van der Waals surface area (Å²) < 4.78 is 2.14. The van der Waals surface area contributed by atoms with Gasteiger partial charge in [0, 0.05) is 0 Å². The van der Waals surface area contributed by atoms with Crippen LogP contribution in [0.5, 0.6) is 0 Å². The maximum absolute atomic E-state index is 5.87.